The van der Waals surface area contributed by atoms with Crippen molar-refractivity contribution in [2.75, 3.05) is 49.6 Å². The first-order valence-electron chi connectivity index (χ1n) is 12.0. The van der Waals surface area contributed by atoms with E-state index in [0.29, 0.717) is 32.6 Å². The molecule has 1 saturated heterocycles. The molecule has 1 fully saturated rings. The summed E-state index contributed by atoms with van der Waals surface area (Å²) in [6.45, 7) is 9.98. The second-order valence-electron chi connectivity index (χ2n) is 9.58. The molecule has 4 rings (SSSR count). The number of anilines is 2. The lowest BCUT2D eigenvalue weighted by Gasteiger charge is -2.37. The van der Waals surface area contributed by atoms with Crippen LogP contribution in [-0.2, 0) is 26.0 Å². The summed E-state index contributed by atoms with van der Waals surface area (Å²) in [4.78, 5) is 30.8. The van der Waals surface area contributed by atoms with Gasteiger partial charge in [-0.3, -0.25) is 9.59 Å². The molecule has 188 valence electrons. The Hall–Kier alpha value is -2.91. The fraction of sp³-hybridized carbons (Fsp3) is 0.462. The van der Waals surface area contributed by atoms with E-state index in [1.165, 1.54) is 36.9 Å². The fourth-order valence-electron chi connectivity index (χ4n) is 5.08. The highest BCUT2D eigenvalue weighted by Crippen LogP contribution is 2.34. The van der Waals surface area contributed by atoms with E-state index in [4.69, 9.17) is 0 Å². The Bertz CT molecular complexity index is 1250. The van der Waals surface area contributed by atoms with Crippen molar-refractivity contribution < 1.29 is 18.0 Å². The SMILES string of the molecule is CC(=O)N1c2ccc(S(=O)(=O)N(C)CC(=O)N3CCN(c4cccc(C)c4C)CC3)cc2C[C@@H]1C. The number of amides is 2. The van der Waals surface area contributed by atoms with Gasteiger partial charge in [-0.2, -0.15) is 4.31 Å². The van der Waals surface area contributed by atoms with E-state index < -0.39 is 10.0 Å². The number of sulfonamides is 1. The van der Waals surface area contributed by atoms with Crippen molar-refractivity contribution in [2.45, 2.75) is 45.1 Å². The lowest BCUT2D eigenvalue weighted by atomic mass is 10.1. The van der Waals surface area contributed by atoms with Crippen LogP contribution in [0.25, 0.3) is 0 Å². The maximum absolute atomic E-state index is 13.2. The number of nitrogens with zero attached hydrogens (tertiary/aromatic N) is 4. The summed E-state index contributed by atoms with van der Waals surface area (Å²) >= 11 is 0. The minimum Gasteiger partial charge on any atom is -0.368 e. The monoisotopic (exact) mass is 498 g/mol. The molecule has 0 radical (unpaired) electrons. The van der Waals surface area contributed by atoms with E-state index in [-0.39, 0.29) is 29.3 Å². The minimum atomic E-state index is -3.84. The normalized spacial score (nSPS) is 18.2. The summed E-state index contributed by atoms with van der Waals surface area (Å²) in [6.07, 6.45) is 0.603. The Morgan fingerprint density at radius 1 is 1.03 bits per heavy atom. The summed E-state index contributed by atoms with van der Waals surface area (Å²) in [5.74, 6) is -0.263. The van der Waals surface area contributed by atoms with Crippen LogP contribution in [0.2, 0.25) is 0 Å². The van der Waals surface area contributed by atoms with Crippen molar-refractivity contribution in [3.8, 4) is 0 Å². The molecule has 0 saturated carbocycles. The number of fused-ring (bicyclic) bond motifs is 1. The molecule has 2 aliphatic rings. The molecule has 2 heterocycles. The number of carbonyl (C=O) groups is 2. The summed E-state index contributed by atoms with van der Waals surface area (Å²) in [7, 11) is -2.40. The molecule has 35 heavy (non-hydrogen) atoms. The van der Waals surface area contributed by atoms with Crippen LogP contribution < -0.4 is 9.80 Å². The summed E-state index contributed by atoms with van der Waals surface area (Å²) in [6, 6.07) is 11.1. The van der Waals surface area contributed by atoms with Gasteiger partial charge >= 0.3 is 0 Å². The van der Waals surface area contributed by atoms with Crippen molar-refractivity contribution in [1.29, 1.82) is 0 Å². The molecule has 9 heteroatoms. The first kappa shape index (κ1) is 25.2. The number of aryl methyl sites for hydroxylation is 1. The maximum atomic E-state index is 13.2. The quantitative estimate of drug-likeness (QED) is 0.633. The lowest BCUT2D eigenvalue weighted by Crippen LogP contribution is -2.51. The highest BCUT2D eigenvalue weighted by Gasteiger charge is 2.32. The largest absolute Gasteiger partial charge is 0.368 e. The van der Waals surface area contributed by atoms with E-state index in [1.807, 2.05) is 13.0 Å². The molecule has 0 aromatic heterocycles. The van der Waals surface area contributed by atoms with E-state index in [2.05, 4.69) is 30.9 Å². The summed E-state index contributed by atoms with van der Waals surface area (Å²) in [5, 5.41) is 0. The number of benzene rings is 2. The van der Waals surface area contributed by atoms with Crippen molar-refractivity contribution >= 4 is 33.2 Å². The van der Waals surface area contributed by atoms with Crippen LogP contribution in [-0.4, -0.2) is 75.3 Å². The van der Waals surface area contributed by atoms with Crippen molar-refractivity contribution in [3.63, 3.8) is 0 Å². The van der Waals surface area contributed by atoms with Gasteiger partial charge in [0.15, 0.2) is 0 Å². The Morgan fingerprint density at radius 2 is 1.71 bits per heavy atom. The van der Waals surface area contributed by atoms with Crippen molar-refractivity contribution in [2.24, 2.45) is 0 Å². The molecule has 8 nitrogen and oxygen atoms in total. The van der Waals surface area contributed by atoms with E-state index >= 15 is 0 Å². The van der Waals surface area contributed by atoms with E-state index in [0.717, 1.165) is 15.6 Å². The Balaban J connectivity index is 1.40. The number of hydrogen-bond acceptors (Lipinski definition) is 5. The van der Waals surface area contributed by atoms with Crippen molar-refractivity contribution in [1.82, 2.24) is 9.21 Å². The molecular weight excluding hydrogens is 464 g/mol. The van der Waals surface area contributed by atoms with Gasteiger partial charge in [0, 0.05) is 57.6 Å². The number of hydrogen-bond donors (Lipinski definition) is 0. The fourth-order valence-corrected chi connectivity index (χ4v) is 6.25. The molecule has 0 bridgehead atoms. The summed E-state index contributed by atoms with van der Waals surface area (Å²) in [5.41, 5.74) is 5.25. The molecule has 2 aliphatic heterocycles. The highest BCUT2D eigenvalue weighted by atomic mass is 32.2. The van der Waals surface area contributed by atoms with Gasteiger partial charge in [0.05, 0.1) is 11.4 Å². The topological polar surface area (TPSA) is 81.2 Å². The molecule has 2 aromatic carbocycles. The zero-order chi connectivity index (χ0) is 25.5. The minimum absolute atomic E-state index is 0.0120. The number of likely N-dealkylation sites (N-methyl/N-ethyl adjacent to an activating group) is 1. The zero-order valence-corrected chi connectivity index (χ0v) is 21.9. The third-order valence-corrected chi connectivity index (χ3v) is 9.02. The molecule has 0 aliphatic carbocycles. The first-order valence-corrected chi connectivity index (χ1v) is 13.4. The Kier molecular flexibility index (Phi) is 6.92. The summed E-state index contributed by atoms with van der Waals surface area (Å²) < 4.78 is 27.6. The van der Waals surface area contributed by atoms with Crippen LogP contribution in [0.3, 0.4) is 0 Å². The van der Waals surface area contributed by atoms with E-state index in [9.17, 15) is 18.0 Å². The third-order valence-electron chi connectivity index (χ3n) is 7.22. The standard InChI is InChI=1S/C26H34N4O4S/c1-18-7-6-8-24(20(18)3)28-11-13-29(14-12-28)26(32)17-27(5)35(33,34)23-9-10-25-22(16-23)15-19(2)30(25)21(4)31/h6-10,16,19H,11-15,17H2,1-5H3/t19-/m0/s1. The van der Waals surface area contributed by atoms with E-state index in [1.54, 1.807) is 21.9 Å². The predicted octanol–water partition coefficient (Wildman–Crippen LogP) is 2.57. The average Bonchev–Trinajstić information content (AvgIpc) is 3.16. The van der Waals surface area contributed by atoms with Crippen molar-refractivity contribution in [3.05, 3.63) is 53.1 Å². The second-order valence-corrected chi connectivity index (χ2v) is 11.6. The number of rotatable bonds is 5. The van der Waals surface area contributed by atoms with Crippen LogP contribution in [0.15, 0.2) is 41.3 Å². The van der Waals surface area contributed by atoms with Crippen LogP contribution in [0.4, 0.5) is 11.4 Å². The van der Waals surface area contributed by atoms with Crippen LogP contribution in [0, 0.1) is 13.8 Å². The first-order chi connectivity index (χ1) is 16.5. The van der Waals surface area contributed by atoms with Gasteiger partial charge in [0.2, 0.25) is 21.8 Å². The zero-order valence-electron chi connectivity index (χ0n) is 21.1. The Labute approximate surface area is 208 Å². The molecule has 2 aromatic rings. The molecular formula is C26H34N4O4S. The van der Waals surface area contributed by atoms with Gasteiger partial charge < -0.3 is 14.7 Å². The smallest absolute Gasteiger partial charge is 0.243 e. The van der Waals surface area contributed by atoms with Gasteiger partial charge in [-0.25, -0.2) is 8.42 Å². The van der Waals surface area contributed by atoms with Gasteiger partial charge in [0.25, 0.3) is 0 Å². The van der Waals surface area contributed by atoms with Gasteiger partial charge in [-0.15, -0.1) is 0 Å². The average molecular weight is 499 g/mol. The highest BCUT2D eigenvalue weighted by molar-refractivity contribution is 7.89. The Morgan fingerprint density at radius 3 is 2.37 bits per heavy atom. The van der Waals surface area contributed by atoms with Gasteiger partial charge in [0.1, 0.15) is 0 Å². The van der Waals surface area contributed by atoms with Gasteiger partial charge in [-0.1, -0.05) is 12.1 Å². The predicted molar refractivity (Wildman–Crippen MR) is 137 cm³/mol. The number of carbonyl (C=O) groups excluding carboxylic acids is 2. The van der Waals surface area contributed by atoms with Crippen LogP contribution in [0.1, 0.15) is 30.5 Å². The molecule has 0 N–H and O–H groups in total. The van der Waals surface area contributed by atoms with Crippen LogP contribution >= 0.6 is 0 Å². The lowest BCUT2D eigenvalue weighted by molar-refractivity contribution is -0.131. The maximum Gasteiger partial charge on any atom is 0.243 e. The molecule has 0 spiro atoms. The third kappa shape index (κ3) is 4.79. The molecule has 1 atom stereocenters. The number of piperazine rings is 1. The molecule has 0 unspecified atom stereocenters. The second kappa shape index (κ2) is 9.62. The van der Waals surface area contributed by atoms with Crippen LogP contribution in [0.5, 0.6) is 0 Å². The molecule has 2 amide bonds. The van der Waals surface area contributed by atoms with Gasteiger partial charge in [-0.05, 0) is 68.1 Å².